The van der Waals surface area contributed by atoms with Gasteiger partial charge in [0.2, 0.25) is 0 Å². The highest BCUT2D eigenvalue weighted by Crippen LogP contribution is 2.54. The molecule has 0 saturated heterocycles. The van der Waals surface area contributed by atoms with E-state index in [1.54, 1.807) is 0 Å². The normalized spacial score (nSPS) is 12.4. The van der Waals surface area contributed by atoms with Crippen LogP contribution in [-0.4, -0.2) is 0 Å². The molecule has 0 fully saturated rings. The molecule has 0 bridgehead atoms. The standard InChI is InChI=1S/C65H57N3/c1-65(2)61-36-22-21-35-55(61)57-40-59-60(41-62(57)65)63(67(44-50-27-13-5-14-28-50)45-51-29-15-6-16-30-51)56-38-37-54(66(42-48-23-9-3-10-24-48)43-49-25-11-4-12-26-49)39-58(56)64(59)68(46-52-31-17-7-18-32-52)47-53-33-19-8-20-34-53/h3-41H,42-47H2,1-2H3. The van der Waals surface area contributed by atoms with Crippen LogP contribution in [0.5, 0.6) is 0 Å². The third-order valence-corrected chi connectivity index (χ3v) is 14.0. The number of hydrogen-bond donors (Lipinski definition) is 0. The molecule has 11 rings (SSSR count). The van der Waals surface area contributed by atoms with Crippen molar-refractivity contribution in [3.63, 3.8) is 0 Å². The van der Waals surface area contributed by atoms with Crippen LogP contribution in [0.1, 0.15) is 58.4 Å². The van der Waals surface area contributed by atoms with Crippen LogP contribution in [-0.2, 0) is 44.7 Å². The first kappa shape index (κ1) is 42.7. The lowest BCUT2D eigenvalue weighted by molar-refractivity contribution is 0.661. The maximum absolute atomic E-state index is 2.67. The molecule has 0 radical (unpaired) electrons. The zero-order chi connectivity index (χ0) is 45.9. The Morgan fingerprint density at radius 1 is 0.279 bits per heavy atom. The van der Waals surface area contributed by atoms with Gasteiger partial charge in [0.1, 0.15) is 0 Å². The van der Waals surface area contributed by atoms with Crippen molar-refractivity contribution >= 4 is 38.6 Å². The topological polar surface area (TPSA) is 9.72 Å². The molecule has 0 aromatic heterocycles. The van der Waals surface area contributed by atoms with Crippen molar-refractivity contribution in [2.24, 2.45) is 0 Å². The first-order chi connectivity index (χ1) is 33.5. The summed E-state index contributed by atoms with van der Waals surface area (Å²) in [5, 5.41) is 5.05. The van der Waals surface area contributed by atoms with Crippen LogP contribution in [0, 0.1) is 0 Å². The molecule has 332 valence electrons. The van der Waals surface area contributed by atoms with E-state index < -0.39 is 0 Å². The molecule has 10 aromatic rings. The van der Waals surface area contributed by atoms with Gasteiger partial charge < -0.3 is 14.7 Å². The Balaban J connectivity index is 1.25. The average molecular weight is 880 g/mol. The van der Waals surface area contributed by atoms with Crippen LogP contribution in [0.2, 0.25) is 0 Å². The number of hydrogen-bond acceptors (Lipinski definition) is 3. The second-order valence-corrected chi connectivity index (χ2v) is 19.0. The molecule has 0 N–H and O–H groups in total. The van der Waals surface area contributed by atoms with Crippen LogP contribution >= 0.6 is 0 Å². The van der Waals surface area contributed by atoms with Crippen LogP contribution in [0.3, 0.4) is 0 Å². The van der Waals surface area contributed by atoms with Crippen molar-refractivity contribution in [3.05, 3.63) is 281 Å². The van der Waals surface area contributed by atoms with Gasteiger partial charge in [-0.05, 0) is 79.9 Å². The van der Waals surface area contributed by atoms with E-state index in [4.69, 9.17) is 0 Å². The van der Waals surface area contributed by atoms with E-state index in [2.05, 4.69) is 265 Å². The van der Waals surface area contributed by atoms with Crippen molar-refractivity contribution in [2.75, 3.05) is 14.7 Å². The fraction of sp³-hybridized carbons (Fsp3) is 0.138. The SMILES string of the molecule is CC1(C)c2ccccc2-c2cc3c(N(Cc4ccccc4)Cc4ccccc4)c4cc(N(Cc5ccccc5)Cc5ccccc5)ccc4c(N(Cc4ccccc4)Cc4ccccc4)c3cc21. The summed E-state index contributed by atoms with van der Waals surface area (Å²) in [6.45, 7) is 9.39. The molecule has 0 spiro atoms. The smallest absolute Gasteiger partial charge is 0.0534 e. The lowest BCUT2D eigenvalue weighted by Gasteiger charge is -2.34. The predicted octanol–water partition coefficient (Wildman–Crippen LogP) is 15.9. The summed E-state index contributed by atoms with van der Waals surface area (Å²) in [6, 6.07) is 87.6. The fourth-order valence-electron chi connectivity index (χ4n) is 10.7. The quantitative estimate of drug-likeness (QED) is 0.0750. The molecule has 68 heavy (non-hydrogen) atoms. The summed E-state index contributed by atoms with van der Waals surface area (Å²) in [7, 11) is 0. The van der Waals surface area contributed by atoms with E-state index in [0.717, 1.165) is 39.3 Å². The van der Waals surface area contributed by atoms with E-state index in [1.807, 2.05) is 0 Å². The number of anilines is 3. The van der Waals surface area contributed by atoms with Crippen LogP contribution in [0.4, 0.5) is 17.1 Å². The van der Waals surface area contributed by atoms with Crippen LogP contribution in [0.25, 0.3) is 32.7 Å². The molecule has 1 aliphatic carbocycles. The van der Waals surface area contributed by atoms with Gasteiger partial charge in [-0.25, -0.2) is 0 Å². The molecular formula is C65H57N3. The van der Waals surface area contributed by atoms with Gasteiger partial charge in [0, 0.05) is 71.9 Å². The Bertz CT molecular complexity index is 3170. The second-order valence-electron chi connectivity index (χ2n) is 19.0. The predicted molar refractivity (Wildman–Crippen MR) is 287 cm³/mol. The van der Waals surface area contributed by atoms with Crippen LogP contribution in [0.15, 0.2) is 237 Å². The number of nitrogens with zero attached hydrogens (tertiary/aromatic N) is 3. The highest BCUT2D eigenvalue weighted by Gasteiger charge is 2.37. The maximum atomic E-state index is 2.67. The van der Waals surface area contributed by atoms with E-state index in [-0.39, 0.29) is 5.41 Å². The second kappa shape index (κ2) is 18.8. The van der Waals surface area contributed by atoms with Gasteiger partial charge in [-0.15, -0.1) is 0 Å². The Labute approximate surface area is 402 Å². The Kier molecular flexibility index (Phi) is 11.8. The van der Waals surface area contributed by atoms with Crippen molar-refractivity contribution in [1.82, 2.24) is 0 Å². The highest BCUT2D eigenvalue weighted by molar-refractivity contribution is 6.22. The molecule has 1 aliphatic rings. The van der Waals surface area contributed by atoms with Gasteiger partial charge in [0.05, 0.1) is 11.4 Å². The van der Waals surface area contributed by atoms with Crippen molar-refractivity contribution in [3.8, 4) is 11.1 Å². The molecule has 0 atom stereocenters. The average Bonchev–Trinajstić information content (AvgIpc) is 3.60. The van der Waals surface area contributed by atoms with Crippen LogP contribution < -0.4 is 14.7 Å². The zero-order valence-electron chi connectivity index (χ0n) is 39.1. The first-order valence-corrected chi connectivity index (χ1v) is 24.1. The summed E-state index contributed by atoms with van der Waals surface area (Å²) in [6.07, 6.45) is 0. The van der Waals surface area contributed by atoms with E-state index >= 15 is 0 Å². The number of fused-ring (bicyclic) bond motifs is 5. The minimum Gasteiger partial charge on any atom is -0.363 e. The first-order valence-electron chi connectivity index (χ1n) is 24.1. The summed E-state index contributed by atoms with van der Waals surface area (Å²) >= 11 is 0. The number of benzene rings is 10. The molecular weight excluding hydrogens is 823 g/mol. The summed E-state index contributed by atoms with van der Waals surface area (Å²) in [5.41, 5.74) is 16.7. The Morgan fingerprint density at radius 3 is 1.04 bits per heavy atom. The Hall–Kier alpha value is -7.88. The maximum Gasteiger partial charge on any atom is 0.0534 e. The minimum atomic E-state index is -0.177. The molecule has 10 aromatic carbocycles. The van der Waals surface area contributed by atoms with Crippen molar-refractivity contribution in [2.45, 2.75) is 58.5 Å². The molecule has 3 heteroatoms. The molecule has 0 unspecified atom stereocenters. The summed E-state index contributed by atoms with van der Waals surface area (Å²) in [5.74, 6) is 0. The van der Waals surface area contributed by atoms with Crippen molar-refractivity contribution < 1.29 is 0 Å². The van der Waals surface area contributed by atoms with E-state index in [1.165, 1.54) is 94.2 Å². The molecule has 0 saturated carbocycles. The largest absolute Gasteiger partial charge is 0.363 e. The molecule has 0 amide bonds. The minimum absolute atomic E-state index is 0.177. The summed E-state index contributed by atoms with van der Waals surface area (Å²) < 4.78 is 0. The number of rotatable bonds is 15. The monoisotopic (exact) mass is 879 g/mol. The fourth-order valence-corrected chi connectivity index (χ4v) is 10.7. The van der Waals surface area contributed by atoms with Gasteiger partial charge in [0.15, 0.2) is 0 Å². The third-order valence-electron chi connectivity index (χ3n) is 14.0. The van der Waals surface area contributed by atoms with Gasteiger partial charge in [-0.2, -0.15) is 0 Å². The van der Waals surface area contributed by atoms with Gasteiger partial charge >= 0.3 is 0 Å². The lowest BCUT2D eigenvalue weighted by Crippen LogP contribution is -2.26. The van der Waals surface area contributed by atoms with E-state index in [9.17, 15) is 0 Å². The highest BCUT2D eigenvalue weighted by atomic mass is 15.2. The van der Waals surface area contributed by atoms with Gasteiger partial charge in [0.25, 0.3) is 0 Å². The summed E-state index contributed by atoms with van der Waals surface area (Å²) in [4.78, 5) is 7.88. The van der Waals surface area contributed by atoms with Gasteiger partial charge in [-0.3, -0.25) is 0 Å². The molecule has 0 aliphatic heterocycles. The molecule has 0 heterocycles. The third kappa shape index (κ3) is 8.64. The zero-order valence-corrected chi connectivity index (χ0v) is 39.1. The van der Waals surface area contributed by atoms with Gasteiger partial charge in [-0.1, -0.05) is 226 Å². The lowest BCUT2D eigenvalue weighted by atomic mass is 9.81. The van der Waals surface area contributed by atoms with Crippen molar-refractivity contribution in [1.29, 1.82) is 0 Å². The molecule has 3 nitrogen and oxygen atoms in total. The Morgan fingerprint density at radius 2 is 0.618 bits per heavy atom. The van der Waals surface area contributed by atoms with E-state index in [0.29, 0.717) is 0 Å².